The van der Waals surface area contributed by atoms with Gasteiger partial charge in [-0.1, -0.05) is 0 Å². The number of nitrogens with zero attached hydrogens (tertiary/aromatic N) is 1. The van der Waals surface area contributed by atoms with Crippen LogP contribution in [0.2, 0.25) is 0 Å². The van der Waals surface area contributed by atoms with Crippen LogP contribution in [0.5, 0.6) is 0 Å². The van der Waals surface area contributed by atoms with E-state index in [0.29, 0.717) is 11.5 Å². The third-order valence-electron chi connectivity index (χ3n) is 3.50. The number of carbonyl (C=O) groups excluding carboxylic acids is 1. The minimum absolute atomic E-state index is 0.166. The van der Waals surface area contributed by atoms with Crippen LogP contribution in [0.15, 0.2) is 0 Å². The third kappa shape index (κ3) is 0.613. The van der Waals surface area contributed by atoms with Crippen molar-refractivity contribution in [3.63, 3.8) is 0 Å². The molecule has 1 aliphatic carbocycles. The molecule has 1 atom stereocenters. The third-order valence-corrected chi connectivity index (χ3v) is 3.50. The van der Waals surface area contributed by atoms with E-state index in [0.717, 1.165) is 13.1 Å². The van der Waals surface area contributed by atoms with Gasteiger partial charge in [-0.2, -0.15) is 0 Å². The van der Waals surface area contributed by atoms with Crippen molar-refractivity contribution in [2.24, 2.45) is 5.41 Å². The molecule has 2 amide bonds. The Labute approximate surface area is 65.7 Å². The van der Waals surface area contributed by atoms with Crippen molar-refractivity contribution < 1.29 is 4.79 Å². The summed E-state index contributed by atoms with van der Waals surface area (Å²) >= 11 is 0. The highest BCUT2D eigenvalue weighted by molar-refractivity contribution is 5.77. The molecule has 2 bridgehead atoms. The number of fused-ring (bicyclic) bond motifs is 3. The van der Waals surface area contributed by atoms with Crippen LogP contribution in [0, 0.1) is 5.41 Å². The summed E-state index contributed by atoms with van der Waals surface area (Å²) in [7, 11) is 0. The van der Waals surface area contributed by atoms with Crippen LogP contribution in [0.1, 0.15) is 19.3 Å². The number of hydrogen-bond donors (Lipinski definition) is 1. The van der Waals surface area contributed by atoms with E-state index >= 15 is 0 Å². The van der Waals surface area contributed by atoms with E-state index in [1.807, 2.05) is 4.90 Å². The summed E-state index contributed by atoms with van der Waals surface area (Å²) in [5.74, 6) is 0. The molecular weight excluding hydrogens is 140 g/mol. The molecule has 2 heterocycles. The Morgan fingerprint density at radius 1 is 1.45 bits per heavy atom. The molecule has 3 rings (SSSR count). The van der Waals surface area contributed by atoms with Gasteiger partial charge in [-0.3, -0.25) is 0 Å². The second kappa shape index (κ2) is 1.54. The van der Waals surface area contributed by atoms with Gasteiger partial charge in [-0.15, -0.1) is 0 Å². The lowest BCUT2D eigenvalue weighted by Gasteiger charge is -2.28. The SMILES string of the molecule is O=C1NC2CN1CCC21CC1. The van der Waals surface area contributed by atoms with Crippen molar-refractivity contribution in [2.45, 2.75) is 25.3 Å². The molecule has 0 aromatic rings. The topological polar surface area (TPSA) is 32.3 Å². The molecule has 3 heteroatoms. The van der Waals surface area contributed by atoms with Gasteiger partial charge >= 0.3 is 6.03 Å². The number of piperidine rings is 1. The molecule has 0 aromatic heterocycles. The predicted octanol–water partition coefficient (Wildman–Crippen LogP) is 0.564. The Kier molecular flexibility index (Phi) is 0.822. The number of rotatable bonds is 0. The lowest BCUT2D eigenvalue weighted by Crippen LogP contribution is -2.39. The zero-order chi connectivity index (χ0) is 7.47. The zero-order valence-electron chi connectivity index (χ0n) is 6.47. The molecule has 1 spiro atoms. The summed E-state index contributed by atoms with van der Waals surface area (Å²) in [6.45, 7) is 1.96. The average Bonchev–Trinajstić information content (AvgIpc) is 2.70. The van der Waals surface area contributed by atoms with Crippen LogP contribution < -0.4 is 5.32 Å². The molecule has 60 valence electrons. The van der Waals surface area contributed by atoms with Gasteiger partial charge in [0.2, 0.25) is 0 Å². The first kappa shape index (κ1) is 5.86. The van der Waals surface area contributed by atoms with Crippen molar-refractivity contribution in [2.75, 3.05) is 13.1 Å². The highest BCUT2D eigenvalue weighted by Crippen LogP contribution is 2.54. The van der Waals surface area contributed by atoms with E-state index < -0.39 is 0 Å². The molecule has 1 N–H and O–H groups in total. The van der Waals surface area contributed by atoms with Gasteiger partial charge in [0.25, 0.3) is 0 Å². The second-order valence-electron chi connectivity index (χ2n) is 4.06. The Hall–Kier alpha value is -0.730. The van der Waals surface area contributed by atoms with Crippen LogP contribution >= 0.6 is 0 Å². The maximum Gasteiger partial charge on any atom is 0.317 e. The molecule has 3 fully saturated rings. The summed E-state index contributed by atoms with van der Waals surface area (Å²) < 4.78 is 0. The first-order valence-corrected chi connectivity index (χ1v) is 4.36. The summed E-state index contributed by atoms with van der Waals surface area (Å²) in [4.78, 5) is 13.1. The van der Waals surface area contributed by atoms with E-state index in [1.165, 1.54) is 19.3 Å². The fourth-order valence-electron chi connectivity index (χ4n) is 2.42. The number of amides is 2. The highest BCUT2D eigenvalue weighted by Gasteiger charge is 2.55. The van der Waals surface area contributed by atoms with Crippen molar-refractivity contribution in [1.29, 1.82) is 0 Å². The molecule has 1 saturated carbocycles. The summed E-state index contributed by atoms with van der Waals surface area (Å²) in [6.07, 6.45) is 3.91. The molecular formula is C8H12N2O. The van der Waals surface area contributed by atoms with E-state index in [2.05, 4.69) is 5.32 Å². The number of nitrogens with one attached hydrogen (secondary N) is 1. The van der Waals surface area contributed by atoms with Gasteiger partial charge in [0, 0.05) is 13.1 Å². The first-order chi connectivity index (χ1) is 5.30. The highest BCUT2D eigenvalue weighted by atomic mass is 16.2. The lowest BCUT2D eigenvalue weighted by molar-refractivity contribution is 0.202. The fourth-order valence-corrected chi connectivity index (χ4v) is 2.42. The van der Waals surface area contributed by atoms with E-state index in [-0.39, 0.29) is 6.03 Å². The zero-order valence-corrected chi connectivity index (χ0v) is 6.47. The first-order valence-electron chi connectivity index (χ1n) is 4.36. The minimum atomic E-state index is 0.166. The van der Waals surface area contributed by atoms with Gasteiger partial charge in [0.05, 0.1) is 6.04 Å². The van der Waals surface area contributed by atoms with Crippen LogP contribution in [-0.2, 0) is 0 Å². The lowest BCUT2D eigenvalue weighted by atomic mass is 9.90. The maximum absolute atomic E-state index is 11.2. The van der Waals surface area contributed by atoms with Gasteiger partial charge in [-0.25, -0.2) is 4.79 Å². The molecule has 0 radical (unpaired) electrons. The molecule has 3 nitrogen and oxygen atoms in total. The van der Waals surface area contributed by atoms with Crippen LogP contribution in [0.3, 0.4) is 0 Å². The summed E-state index contributed by atoms with van der Waals surface area (Å²) in [6, 6.07) is 0.655. The summed E-state index contributed by atoms with van der Waals surface area (Å²) in [5.41, 5.74) is 0.544. The van der Waals surface area contributed by atoms with E-state index in [9.17, 15) is 4.79 Å². The molecule has 3 aliphatic rings. The Morgan fingerprint density at radius 2 is 2.27 bits per heavy atom. The minimum Gasteiger partial charge on any atom is -0.333 e. The number of carbonyl (C=O) groups is 1. The van der Waals surface area contributed by atoms with E-state index in [1.54, 1.807) is 0 Å². The molecule has 11 heavy (non-hydrogen) atoms. The number of hydrogen-bond acceptors (Lipinski definition) is 1. The Bertz CT molecular complexity index is 222. The molecule has 2 saturated heterocycles. The molecule has 0 aromatic carbocycles. The smallest absolute Gasteiger partial charge is 0.317 e. The van der Waals surface area contributed by atoms with Crippen molar-refractivity contribution in [1.82, 2.24) is 10.2 Å². The van der Waals surface area contributed by atoms with Crippen LogP contribution in [-0.4, -0.2) is 30.1 Å². The Balaban J connectivity index is 1.92. The second-order valence-corrected chi connectivity index (χ2v) is 4.06. The Morgan fingerprint density at radius 3 is 3.00 bits per heavy atom. The standard InChI is InChI=1S/C8H12N2O/c11-7-9-6-5-10(7)4-3-8(6)1-2-8/h6H,1-5H2,(H,9,11). The van der Waals surface area contributed by atoms with Crippen molar-refractivity contribution in [3.05, 3.63) is 0 Å². The largest absolute Gasteiger partial charge is 0.333 e. The van der Waals surface area contributed by atoms with Gasteiger partial charge < -0.3 is 10.2 Å². The maximum atomic E-state index is 11.2. The normalized spacial score (nSPS) is 37.6. The average molecular weight is 152 g/mol. The van der Waals surface area contributed by atoms with Crippen LogP contribution in [0.4, 0.5) is 4.79 Å². The van der Waals surface area contributed by atoms with Gasteiger partial charge in [-0.05, 0) is 24.7 Å². The van der Waals surface area contributed by atoms with Gasteiger partial charge in [0.1, 0.15) is 0 Å². The number of urea groups is 1. The predicted molar refractivity (Wildman–Crippen MR) is 40.2 cm³/mol. The van der Waals surface area contributed by atoms with E-state index in [4.69, 9.17) is 0 Å². The van der Waals surface area contributed by atoms with Crippen LogP contribution in [0.25, 0.3) is 0 Å². The van der Waals surface area contributed by atoms with Gasteiger partial charge in [0.15, 0.2) is 0 Å². The quantitative estimate of drug-likeness (QED) is 0.540. The van der Waals surface area contributed by atoms with Crippen molar-refractivity contribution >= 4 is 6.03 Å². The molecule has 1 unspecified atom stereocenters. The molecule has 2 aliphatic heterocycles. The summed E-state index contributed by atoms with van der Waals surface area (Å²) in [5, 5.41) is 3.06. The fraction of sp³-hybridized carbons (Fsp3) is 0.875. The monoisotopic (exact) mass is 152 g/mol. The van der Waals surface area contributed by atoms with Crippen molar-refractivity contribution in [3.8, 4) is 0 Å².